The van der Waals surface area contributed by atoms with Crippen LogP contribution in [0.15, 0.2) is 12.5 Å². The Morgan fingerprint density at radius 1 is 1.18 bits per heavy atom. The van der Waals surface area contributed by atoms with Crippen LogP contribution in [0.5, 0.6) is 0 Å². The summed E-state index contributed by atoms with van der Waals surface area (Å²) >= 11 is 8.55. The molecule has 0 N–H and O–H groups in total. The third kappa shape index (κ3) is 2.99. The van der Waals surface area contributed by atoms with Gasteiger partial charge in [-0.25, -0.2) is 9.97 Å². The molecule has 4 nitrogen and oxygen atoms in total. The van der Waals surface area contributed by atoms with Gasteiger partial charge in [-0.05, 0) is 67.0 Å². The summed E-state index contributed by atoms with van der Waals surface area (Å²) in [4.78, 5) is 8.56. The molecule has 0 amide bonds. The first-order chi connectivity index (χ1) is 10.7. The lowest BCUT2D eigenvalue weighted by Crippen LogP contribution is -2.24. The van der Waals surface area contributed by atoms with E-state index in [2.05, 4.69) is 43.3 Å². The standard InChI is InChI=1S/C16H19ClIN3O/c17-15-14-13(18)7-21(16(14)20-9-19-15)11-3-5-12(6-4-11)22-8-10-1-2-10/h7,9-12H,1-6,8H2. The van der Waals surface area contributed by atoms with Crippen molar-refractivity contribution in [1.82, 2.24) is 14.5 Å². The molecule has 0 spiro atoms. The molecule has 0 bridgehead atoms. The van der Waals surface area contributed by atoms with Gasteiger partial charge in [0.25, 0.3) is 0 Å². The molecule has 0 unspecified atom stereocenters. The summed E-state index contributed by atoms with van der Waals surface area (Å²) in [6.07, 6.45) is 11.5. The van der Waals surface area contributed by atoms with Gasteiger partial charge in [-0.1, -0.05) is 11.6 Å². The van der Waals surface area contributed by atoms with E-state index in [1.807, 2.05) is 0 Å². The Labute approximate surface area is 148 Å². The Balaban J connectivity index is 1.48. The van der Waals surface area contributed by atoms with Crippen LogP contribution in [0.3, 0.4) is 0 Å². The van der Waals surface area contributed by atoms with Gasteiger partial charge in [-0.2, -0.15) is 0 Å². The zero-order chi connectivity index (χ0) is 15.1. The van der Waals surface area contributed by atoms with E-state index in [9.17, 15) is 0 Å². The second kappa shape index (κ2) is 6.24. The zero-order valence-corrected chi connectivity index (χ0v) is 15.3. The molecule has 0 aliphatic heterocycles. The van der Waals surface area contributed by atoms with Crippen LogP contribution >= 0.6 is 34.2 Å². The van der Waals surface area contributed by atoms with Crippen molar-refractivity contribution in [2.75, 3.05) is 6.61 Å². The summed E-state index contributed by atoms with van der Waals surface area (Å²) in [6.45, 7) is 0.975. The first-order valence-electron chi connectivity index (χ1n) is 8.00. The number of hydrogen-bond donors (Lipinski definition) is 0. The smallest absolute Gasteiger partial charge is 0.146 e. The minimum absolute atomic E-state index is 0.455. The molecular formula is C16H19ClIN3O. The fourth-order valence-electron chi connectivity index (χ4n) is 3.33. The van der Waals surface area contributed by atoms with Gasteiger partial charge in [0.2, 0.25) is 0 Å². The van der Waals surface area contributed by atoms with Crippen molar-refractivity contribution < 1.29 is 4.74 Å². The average molecular weight is 432 g/mol. The number of aromatic nitrogens is 3. The van der Waals surface area contributed by atoms with Gasteiger partial charge in [0.1, 0.15) is 17.1 Å². The van der Waals surface area contributed by atoms with Gasteiger partial charge in [0.15, 0.2) is 0 Å². The minimum atomic E-state index is 0.455. The number of fused-ring (bicyclic) bond motifs is 1. The molecule has 0 aromatic carbocycles. The van der Waals surface area contributed by atoms with Crippen molar-refractivity contribution in [3.8, 4) is 0 Å². The maximum Gasteiger partial charge on any atom is 0.146 e. The molecule has 2 fully saturated rings. The van der Waals surface area contributed by atoms with Gasteiger partial charge in [0.05, 0.1) is 11.5 Å². The van der Waals surface area contributed by atoms with E-state index in [4.69, 9.17) is 16.3 Å². The van der Waals surface area contributed by atoms with Gasteiger partial charge >= 0.3 is 0 Å². The Morgan fingerprint density at radius 3 is 2.68 bits per heavy atom. The van der Waals surface area contributed by atoms with Crippen LogP contribution in [0.1, 0.15) is 44.6 Å². The molecule has 0 atom stereocenters. The summed E-state index contributed by atoms with van der Waals surface area (Å²) in [7, 11) is 0. The molecule has 118 valence electrons. The monoisotopic (exact) mass is 431 g/mol. The van der Waals surface area contributed by atoms with Crippen molar-refractivity contribution in [3.63, 3.8) is 0 Å². The van der Waals surface area contributed by atoms with E-state index in [-0.39, 0.29) is 0 Å². The van der Waals surface area contributed by atoms with Crippen molar-refractivity contribution in [1.29, 1.82) is 0 Å². The fraction of sp³-hybridized carbons (Fsp3) is 0.625. The van der Waals surface area contributed by atoms with Crippen LogP contribution in [0.25, 0.3) is 11.0 Å². The number of ether oxygens (including phenoxy) is 1. The SMILES string of the molecule is Clc1ncnc2c1c(I)cn2C1CCC(OCC2CC2)CC1. The maximum atomic E-state index is 6.23. The second-order valence-electron chi connectivity index (χ2n) is 6.45. The van der Waals surface area contributed by atoms with Crippen LogP contribution in [-0.4, -0.2) is 27.2 Å². The molecule has 0 radical (unpaired) electrons. The number of rotatable bonds is 4. The van der Waals surface area contributed by atoms with Crippen molar-refractivity contribution in [3.05, 3.63) is 21.2 Å². The molecule has 2 heterocycles. The molecule has 2 aromatic heterocycles. The number of halogens is 2. The van der Waals surface area contributed by atoms with E-state index >= 15 is 0 Å². The Kier molecular flexibility index (Phi) is 4.30. The van der Waals surface area contributed by atoms with E-state index in [1.165, 1.54) is 12.8 Å². The van der Waals surface area contributed by atoms with E-state index < -0.39 is 0 Å². The van der Waals surface area contributed by atoms with Gasteiger partial charge in [-0.3, -0.25) is 0 Å². The summed E-state index contributed by atoms with van der Waals surface area (Å²) < 4.78 is 9.47. The minimum Gasteiger partial charge on any atom is -0.378 e. The molecule has 2 saturated carbocycles. The van der Waals surface area contributed by atoms with Crippen LogP contribution in [0.4, 0.5) is 0 Å². The largest absolute Gasteiger partial charge is 0.378 e. The van der Waals surface area contributed by atoms with Crippen LogP contribution in [0, 0.1) is 9.49 Å². The lowest BCUT2D eigenvalue weighted by molar-refractivity contribution is 0.0140. The number of hydrogen-bond acceptors (Lipinski definition) is 3. The third-order valence-electron chi connectivity index (χ3n) is 4.82. The molecule has 2 aliphatic rings. The Hall–Kier alpha value is -0.400. The number of nitrogens with zero attached hydrogens (tertiary/aromatic N) is 3. The first kappa shape index (κ1) is 15.1. The quantitative estimate of drug-likeness (QED) is 0.525. The third-order valence-corrected chi connectivity index (χ3v) is 5.92. The fourth-order valence-corrected chi connectivity index (χ4v) is 4.52. The zero-order valence-electron chi connectivity index (χ0n) is 12.3. The molecule has 22 heavy (non-hydrogen) atoms. The van der Waals surface area contributed by atoms with E-state index in [1.54, 1.807) is 6.33 Å². The molecular weight excluding hydrogens is 413 g/mol. The average Bonchev–Trinajstić information content (AvgIpc) is 3.29. The molecule has 2 aromatic rings. The second-order valence-corrected chi connectivity index (χ2v) is 7.97. The lowest BCUT2D eigenvalue weighted by Gasteiger charge is -2.29. The molecule has 6 heteroatoms. The summed E-state index contributed by atoms with van der Waals surface area (Å²) in [5.74, 6) is 0.853. The summed E-state index contributed by atoms with van der Waals surface area (Å²) in [5, 5.41) is 1.53. The highest BCUT2D eigenvalue weighted by molar-refractivity contribution is 14.1. The normalized spacial score (nSPS) is 25.7. The van der Waals surface area contributed by atoms with Crippen LogP contribution in [-0.2, 0) is 4.74 Å². The highest BCUT2D eigenvalue weighted by atomic mass is 127. The topological polar surface area (TPSA) is 39.9 Å². The van der Waals surface area contributed by atoms with Crippen LogP contribution in [0.2, 0.25) is 5.15 Å². The summed E-state index contributed by atoms with van der Waals surface area (Å²) in [5.41, 5.74) is 0.965. The predicted octanol–water partition coefficient (Wildman–Crippen LogP) is 4.60. The molecule has 4 rings (SSSR count). The Morgan fingerprint density at radius 2 is 1.95 bits per heavy atom. The van der Waals surface area contributed by atoms with E-state index in [0.29, 0.717) is 17.3 Å². The van der Waals surface area contributed by atoms with Crippen molar-refractivity contribution >= 4 is 45.2 Å². The van der Waals surface area contributed by atoms with Gasteiger partial charge < -0.3 is 9.30 Å². The predicted molar refractivity (Wildman–Crippen MR) is 95.2 cm³/mol. The van der Waals surface area contributed by atoms with Gasteiger partial charge in [-0.15, -0.1) is 0 Å². The Bertz CT molecular complexity index is 677. The maximum absolute atomic E-state index is 6.23. The van der Waals surface area contributed by atoms with Crippen molar-refractivity contribution in [2.45, 2.75) is 50.7 Å². The molecule has 0 saturated heterocycles. The lowest BCUT2D eigenvalue weighted by atomic mass is 9.93. The first-order valence-corrected chi connectivity index (χ1v) is 9.46. The highest BCUT2D eigenvalue weighted by Gasteiger charge is 2.28. The van der Waals surface area contributed by atoms with E-state index in [0.717, 1.165) is 52.8 Å². The highest BCUT2D eigenvalue weighted by Crippen LogP contribution is 2.36. The van der Waals surface area contributed by atoms with Crippen LogP contribution < -0.4 is 0 Å². The molecule has 2 aliphatic carbocycles. The van der Waals surface area contributed by atoms with Crippen molar-refractivity contribution in [2.24, 2.45) is 5.92 Å². The van der Waals surface area contributed by atoms with Gasteiger partial charge in [0, 0.05) is 22.4 Å². The summed E-state index contributed by atoms with van der Waals surface area (Å²) in [6, 6.07) is 0.498.